The second-order valence-corrected chi connectivity index (χ2v) is 7.65. The van der Waals surface area contributed by atoms with Gasteiger partial charge in [0.25, 0.3) is 0 Å². The lowest BCUT2D eigenvalue weighted by Crippen LogP contribution is -2.16. The molecule has 1 aliphatic rings. The van der Waals surface area contributed by atoms with Gasteiger partial charge in [0.2, 0.25) is 0 Å². The molecule has 2 nitrogen and oxygen atoms in total. The van der Waals surface area contributed by atoms with Gasteiger partial charge >= 0.3 is 0 Å². The van der Waals surface area contributed by atoms with Crippen LogP contribution in [0.2, 0.25) is 5.02 Å². The lowest BCUT2D eigenvalue weighted by Gasteiger charge is -2.17. The Labute approximate surface area is 131 Å². The lowest BCUT2D eigenvalue weighted by atomic mass is 10.3. The van der Waals surface area contributed by atoms with Crippen molar-refractivity contribution in [1.82, 2.24) is 9.55 Å². The number of rotatable bonds is 4. The minimum atomic E-state index is -0.414. The predicted molar refractivity (Wildman–Crippen MR) is 84.4 cm³/mol. The molecule has 0 spiro atoms. The molecule has 1 aliphatic carbocycles. The van der Waals surface area contributed by atoms with Crippen LogP contribution in [0.25, 0.3) is 11.0 Å². The minimum absolute atomic E-state index is 0.0990. The van der Waals surface area contributed by atoms with Crippen LogP contribution >= 0.6 is 35.0 Å². The third kappa shape index (κ3) is 2.42. The number of benzene rings is 1. The molecule has 0 bridgehead atoms. The average Bonchev–Trinajstić information content (AvgIpc) is 3.10. The van der Waals surface area contributed by atoms with Crippen molar-refractivity contribution < 1.29 is 4.39 Å². The normalized spacial score (nSPS) is 18.4. The van der Waals surface area contributed by atoms with Gasteiger partial charge in [-0.25, -0.2) is 9.37 Å². The van der Waals surface area contributed by atoms with E-state index in [2.05, 4.69) is 15.8 Å². The predicted octanol–water partition coefficient (Wildman–Crippen LogP) is 5.02. The summed E-state index contributed by atoms with van der Waals surface area (Å²) in [7, 11) is 0. The zero-order valence-electron chi connectivity index (χ0n) is 11.3. The fourth-order valence-electron chi connectivity index (χ4n) is 2.46. The van der Waals surface area contributed by atoms with E-state index in [1.165, 1.54) is 18.9 Å². The molecule has 108 valence electrons. The highest BCUT2D eigenvalue weighted by molar-refractivity contribution is 8.00. The first kappa shape index (κ1) is 14.5. The average molecular weight is 333 g/mol. The number of hydrogen-bond acceptors (Lipinski definition) is 2. The van der Waals surface area contributed by atoms with Crippen molar-refractivity contribution in [3.8, 4) is 0 Å². The van der Waals surface area contributed by atoms with Crippen LogP contribution in [0, 0.1) is 5.82 Å². The molecule has 1 saturated carbocycles. The fraction of sp³-hybridized carbons (Fsp3) is 0.500. The highest BCUT2D eigenvalue weighted by atomic mass is 35.5. The number of hydrogen-bond donors (Lipinski definition) is 0. The Kier molecular flexibility index (Phi) is 3.68. The van der Waals surface area contributed by atoms with Crippen LogP contribution in [0.4, 0.5) is 4.39 Å². The van der Waals surface area contributed by atoms with Crippen molar-refractivity contribution in [2.24, 2.45) is 0 Å². The van der Waals surface area contributed by atoms with Crippen LogP contribution in [-0.2, 0) is 6.54 Å². The zero-order chi connectivity index (χ0) is 14.5. The number of halogens is 3. The number of aromatic nitrogens is 2. The molecule has 3 rings (SSSR count). The summed E-state index contributed by atoms with van der Waals surface area (Å²) in [6.45, 7) is 2.70. The second kappa shape index (κ2) is 5.08. The summed E-state index contributed by atoms with van der Waals surface area (Å²) >= 11 is 13.9. The van der Waals surface area contributed by atoms with E-state index >= 15 is 0 Å². The van der Waals surface area contributed by atoms with Gasteiger partial charge in [-0.1, -0.05) is 11.6 Å². The van der Waals surface area contributed by atoms with Crippen molar-refractivity contribution in [2.45, 2.75) is 36.4 Å². The number of fused-ring (bicyclic) bond motifs is 1. The van der Waals surface area contributed by atoms with Crippen LogP contribution in [0.3, 0.4) is 0 Å². The fourth-order valence-corrected chi connectivity index (χ4v) is 3.56. The van der Waals surface area contributed by atoms with Gasteiger partial charge in [-0.15, -0.1) is 11.6 Å². The van der Waals surface area contributed by atoms with Crippen molar-refractivity contribution in [2.75, 3.05) is 6.26 Å². The van der Waals surface area contributed by atoms with Gasteiger partial charge < -0.3 is 4.57 Å². The van der Waals surface area contributed by atoms with Crippen LogP contribution in [0.1, 0.15) is 31.0 Å². The smallest absolute Gasteiger partial charge is 0.144 e. The van der Waals surface area contributed by atoms with Crippen LogP contribution in [0.5, 0.6) is 0 Å². The maximum atomic E-state index is 13.8. The Hall–Kier alpha value is -0.450. The molecule has 1 atom stereocenters. The molecule has 0 radical (unpaired) electrons. The Balaban J connectivity index is 2.15. The summed E-state index contributed by atoms with van der Waals surface area (Å²) in [5, 5.41) is -0.121. The molecule has 20 heavy (non-hydrogen) atoms. The summed E-state index contributed by atoms with van der Waals surface area (Å²) in [6.07, 6.45) is 4.48. The summed E-state index contributed by atoms with van der Waals surface area (Å²) in [5.74, 6) is 0.367. The largest absolute Gasteiger partial charge is 0.325 e. The zero-order valence-corrected chi connectivity index (χ0v) is 13.6. The number of imidazole rings is 1. The SMILES string of the molecule is CSC1(Cn2c(C(C)Cl)nc3cc(Cl)c(F)cc32)CC1. The monoisotopic (exact) mass is 332 g/mol. The maximum Gasteiger partial charge on any atom is 0.144 e. The van der Waals surface area contributed by atoms with E-state index in [1.807, 2.05) is 18.7 Å². The van der Waals surface area contributed by atoms with Gasteiger partial charge in [0.15, 0.2) is 0 Å². The lowest BCUT2D eigenvalue weighted by molar-refractivity contribution is 0.621. The third-order valence-corrected chi connectivity index (χ3v) is 5.75. The molecule has 1 heterocycles. The molecule has 0 N–H and O–H groups in total. The molecule has 1 aromatic heterocycles. The molecular formula is C14H15Cl2FN2S. The van der Waals surface area contributed by atoms with Crippen molar-refractivity contribution >= 4 is 46.0 Å². The van der Waals surface area contributed by atoms with Gasteiger partial charge in [-0.3, -0.25) is 0 Å². The van der Waals surface area contributed by atoms with Crippen molar-refractivity contribution in [3.63, 3.8) is 0 Å². The minimum Gasteiger partial charge on any atom is -0.325 e. The van der Waals surface area contributed by atoms with E-state index < -0.39 is 5.82 Å². The summed E-state index contributed by atoms with van der Waals surface area (Å²) in [5.41, 5.74) is 1.48. The molecule has 0 saturated heterocycles. The van der Waals surface area contributed by atoms with E-state index in [4.69, 9.17) is 23.2 Å². The molecule has 1 fully saturated rings. The van der Waals surface area contributed by atoms with Crippen LogP contribution in [0.15, 0.2) is 12.1 Å². The highest BCUT2D eigenvalue weighted by Crippen LogP contribution is 2.49. The number of nitrogens with zero attached hydrogens (tertiary/aromatic N) is 2. The quantitative estimate of drug-likeness (QED) is 0.731. The van der Waals surface area contributed by atoms with Gasteiger partial charge in [0.1, 0.15) is 11.6 Å². The maximum absolute atomic E-state index is 13.8. The Morgan fingerprint density at radius 2 is 2.20 bits per heavy atom. The van der Waals surface area contributed by atoms with E-state index in [-0.39, 0.29) is 15.1 Å². The van der Waals surface area contributed by atoms with Gasteiger partial charge in [0.05, 0.1) is 21.4 Å². The first-order chi connectivity index (χ1) is 9.46. The Morgan fingerprint density at radius 1 is 1.50 bits per heavy atom. The summed E-state index contributed by atoms with van der Waals surface area (Å²) in [6, 6.07) is 3.04. The van der Waals surface area contributed by atoms with Crippen LogP contribution in [-0.4, -0.2) is 20.6 Å². The van der Waals surface area contributed by atoms with Crippen molar-refractivity contribution in [1.29, 1.82) is 0 Å². The van der Waals surface area contributed by atoms with Crippen LogP contribution < -0.4 is 0 Å². The second-order valence-electron chi connectivity index (χ2n) is 5.31. The summed E-state index contributed by atoms with van der Waals surface area (Å²) in [4.78, 5) is 4.53. The van der Waals surface area contributed by atoms with E-state index in [1.54, 1.807) is 6.07 Å². The summed E-state index contributed by atoms with van der Waals surface area (Å²) < 4.78 is 16.1. The first-order valence-electron chi connectivity index (χ1n) is 6.50. The number of alkyl halides is 1. The molecule has 0 aliphatic heterocycles. The number of thioether (sulfide) groups is 1. The van der Waals surface area contributed by atoms with Gasteiger partial charge in [-0.05, 0) is 32.1 Å². The molecule has 6 heteroatoms. The van der Waals surface area contributed by atoms with Crippen molar-refractivity contribution in [3.05, 3.63) is 28.8 Å². The van der Waals surface area contributed by atoms with Gasteiger partial charge in [-0.2, -0.15) is 11.8 Å². The standard InChI is InChI=1S/C14H15Cl2FN2S/c1-8(15)13-18-11-5-9(16)10(17)6-12(11)19(13)7-14(20-2)3-4-14/h5-6,8H,3-4,7H2,1-2H3. The molecule has 1 aromatic carbocycles. The van der Waals surface area contributed by atoms with E-state index in [0.29, 0.717) is 5.52 Å². The highest BCUT2D eigenvalue weighted by Gasteiger charge is 2.43. The molecule has 0 amide bonds. The third-order valence-electron chi connectivity index (χ3n) is 3.86. The topological polar surface area (TPSA) is 17.8 Å². The molecular weight excluding hydrogens is 318 g/mol. The molecule has 1 unspecified atom stereocenters. The Bertz CT molecular complexity index is 665. The van der Waals surface area contributed by atoms with E-state index in [9.17, 15) is 4.39 Å². The Morgan fingerprint density at radius 3 is 2.75 bits per heavy atom. The molecule has 2 aromatic rings. The van der Waals surface area contributed by atoms with Gasteiger partial charge in [0, 0.05) is 17.4 Å². The first-order valence-corrected chi connectivity index (χ1v) is 8.54. The van der Waals surface area contributed by atoms with E-state index in [0.717, 1.165) is 17.9 Å².